The van der Waals surface area contributed by atoms with Gasteiger partial charge in [-0.1, -0.05) is 0 Å². The van der Waals surface area contributed by atoms with E-state index in [1.807, 2.05) is 0 Å². The second-order valence-electron chi connectivity index (χ2n) is 5.54. The normalized spacial score (nSPS) is 18.5. The average Bonchev–Trinajstić information content (AvgIpc) is 2.46. The van der Waals surface area contributed by atoms with Crippen LogP contribution in [-0.2, 0) is 0 Å². The van der Waals surface area contributed by atoms with Crippen LogP contribution in [0.3, 0.4) is 0 Å². The molecule has 0 atom stereocenters. The van der Waals surface area contributed by atoms with E-state index in [4.69, 9.17) is 0 Å². The average molecular weight is 340 g/mol. The second-order valence-corrected chi connectivity index (χ2v) is 6.53. The molecule has 8 heteroatoms. The van der Waals surface area contributed by atoms with Crippen molar-refractivity contribution in [3.8, 4) is 0 Å². The first-order chi connectivity index (χ1) is 10.4. The van der Waals surface area contributed by atoms with Crippen molar-refractivity contribution in [2.75, 3.05) is 51.8 Å². The molecule has 0 aliphatic carbocycles. The van der Waals surface area contributed by atoms with Gasteiger partial charge < -0.3 is 10.6 Å². The highest BCUT2D eigenvalue weighted by Crippen LogP contribution is 2.23. The van der Waals surface area contributed by atoms with E-state index in [0.29, 0.717) is 19.0 Å². The van der Waals surface area contributed by atoms with Crippen LogP contribution in [0.1, 0.15) is 19.3 Å². The molecule has 0 unspecified atom stereocenters. The minimum atomic E-state index is -4.08. The summed E-state index contributed by atoms with van der Waals surface area (Å²) in [4.78, 5) is 5.65. The zero-order valence-electron chi connectivity index (χ0n) is 13.4. The number of alkyl halides is 3. The Morgan fingerprint density at radius 2 is 1.86 bits per heavy atom. The van der Waals surface area contributed by atoms with E-state index in [2.05, 4.69) is 21.9 Å². The molecule has 1 saturated heterocycles. The molecular formula is C14H27F3N4S. The molecule has 1 aliphatic heterocycles. The molecule has 0 aromatic rings. The Kier molecular flexibility index (Phi) is 9.00. The van der Waals surface area contributed by atoms with E-state index in [9.17, 15) is 13.2 Å². The van der Waals surface area contributed by atoms with Crippen LogP contribution in [0.15, 0.2) is 4.99 Å². The maximum absolute atomic E-state index is 12.3. The summed E-state index contributed by atoms with van der Waals surface area (Å²) in [6.07, 6.45) is 0.641. The van der Waals surface area contributed by atoms with Crippen LogP contribution < -0.4 is 10.6 Å². The Morgan fingerprint density at radius 1 is 1.23 bits per heavy atom. The van der Waals surface area contributed by atoms with Crippen molar-refractivity contribution in [1.82, 2.24) is 15.5 Å². The molecule has 1 aliphatic rings. The summed E-state index contributed by atoms with van der Waals surface area (Å²) < 4.78 is 37.0. The zero-order valence-corrected chi connectivity index (χ0v) is 14.2. The van der Waals surface area contributed by atoms with Crippen molar-refractivity contribution in [2.24, 2.45) is 10.9 Å². The number of halogens is 3. The number of likely N-dealkylation sites (tertiary alicyclic amines) is 1. The SMILES string of the molecule is CN=C(NCCSC)NCCC1CCN(CC(F)(F)F)CC1. The van der Waals surface area contributed by atoms with E-state index in [-0.39, 0.29) is 0 Å². The lowest BCUT2D eigenvalue weighted by molar-refractivity contribution is -0.148. The topological polar surface area (TPSA) is 39.7 Å². The highest BCUT2D eigenvalue weighted by atomic mass is 32.2. The fourth-order valence-corrected chi connectivity index (χ4v) is 2.88. The number of nitrogens with one attached hydrogen (secondary N) is 2. The van der Waals surface area contributed by atoms with Gasteiger partial charge in [-0.3, -0.25) is 9.89 Å². The third-order valence-electron chi connectivity index (χ3n) is 3.78. The number of aliphatic imine (C=N–C) groups is 1. The van der Waals surface area contributed by atoms with Crippen LogP contribution in [0, 0.1) is 5.92 Å². The fraction of sp³-hybridized carbons (Fsp3) is 0.929. The maximum Gasteiger partial charge on any atom is 0.401 e. The summed E-state index contributed by atoms with van der Waals surface area (Å²) in [5.74, 6) is 2.32. The highest BCUT2D eigenvalue weighted by Gasteiger charge is 2.32. The first-order valence-electron chi connectivity index (χ1n) is 7.67. The van der Waals surface area contributed by atoms with E-state index in [0.717, 1.165) is 44.1 Å². The van der Waals surface area contributed by atoms with Crippen molar-refractivity contribution >= 4 is 17.7 Å². The van der Waals surface area contributed by atoms with E-state index in [1.54, 1.807) is 18.8 Å². The number of rotatable bonds is 7. The standard InChI is InChI=1S/C14H27F3N4S/c1-18-13(20-7-10-22-2)19-6-3-12-4-8-21(9-5-12)11-14(15,16)17/h12H,3-11H2,1-2H3,(H2,18,19,20). The molecule has 4 nitrogen and oxygen atoms in total. The summed E-state index contributed by atoms with van der Waals surface area (Å²) in [5, 5.41) is 6.49. The Labute approximate surface area is 135 Å². The molecule has 1 fully saturated rings. The molecule has 0 bridgehead atoms. The lowest BCUT2D eigenvalue weighted by Crippen LogP contribution is -2.42. The predicted molar refractivity (Wildman–Crippen MR) is 87.6 cm³/mol. The number of hydrogen-bond acceptors (Lipinski definition) is 3. The molecular weight excluding hydrogens is 313 g/mol. The molecule has 0 aromatic heterocycles. The third kappa shape index (κ3) is 8.73. The number of hydrogen-bond donors (Lipinski definition) is 2. The smallest absolute Gasteiger partial charge is 0.356 e. The van der Waals surface area contributed by atoms with Gasteiger partial charge in [-0.2, -0.15) is 24.9 Å². The van der Waals surface area contributed by atoms with Crippen LogP contribution >= 0.6 is 11.8 Å². The molecule has 1 rings (SSSR count). The van der Waals surface area contributed by atoms with E-state index >= 15 is 0 Å². The molecule has 1 heterocycles. The predicted octanol–water partition coefficient (Wildman–Crippen LogP) is 2.18. The lowest BCUT2D eigenvalue weighted by atomic mass is 9.93. The quantitative estimate of drug-likeness (QED) is 0.423. The third-order valence-corrected chi connectivity index (χ3v) is 4.39. The molecule has 0 saturated carbocycles. The lowest BCUT2D eigenvalue weighted by Gasteiger charge is -2.32. The van der Waals surface area contributed by atoms with Crippen molar-refractivity contribution < 1.29 is 13.2 Å². The number of thioether (sulfide) groups is 1. The van der Waals surface area contributed by atoms with E-state index in [1.165, 1.54) is 4.90 Å². The Bertz CT molecular complexity index is 329. The number of piperidine rings is 1. The van der Waals surface area contributed by atoms with Gasteiger partial charge in [0.15, 0.2) is 5.96 Å². The van der Waals surface area contributed by atoms with Gasteiger partial charge in [-0.05, 0) is 44.5 Å². The van der Waals surface area contributed by atoms with Gasteiger partial charge in [0.05, 0.1) is 6.54 Å². The molecule has 0 aromatic carbocycles. The Hall–Kier alpha value is -0.630. The zero-order chi connectivity index (χ0) is 16.4. The van der Waals surface area contributed by atoms with E-state index < -0.39 is 12.7 Å². The highest BCUT2D eigenvalue weighted by molar-refractivity contribution is 7.98. The fourth-order valence-electron chi connectivity index (χ4n) is 2.57. The van der Waals surface area contributed by atoms with Crippen LogP contribution in [0.2, 0.25) is 0 Å². The number of guanidine groups is 1. The van der Waals surface area contributed by atoms with Gasteiger partial charge in [0.2, 0.25) is 0 Å². The summed E-state index contributed by atoms with van der Waals surface area (Å²) >= 11 is 1.77. The molecule has 22 heavy (non-hydrogen) atoms. The number of nitrogens with zero attached hydrogens (tertiary/aromatic N) is 2. The minimum Gasteiger partial charge on any atom is -0.356 e. The molecule has 0 amide bonds. The Balaban J connectivity index is 2.14. The van der Waals surface area contributed by atoms with Gasteiger partial charge in [0.1, 0.15) is 0 Å². The second kappa shape index (κ2) is 10.2. The van der Waals surface area contributed by atoms with Crippen LogP contribution in [0.25, 0.3) is 0 Å². The maximum atomic E-state index is 12.3. The Morgan fingerprint density at radius 3 is 2.41 bits per heavy atom. The summed E-state index contributed by atoms with van der Waals surface area (Å²) in [6, 6.07) is 0. The van der Waals surface area contributed by atoms with Crippen molar-refractivity contribution in [3.63, 3.8) is 0 Å². The van der Waals surface area contributed by atoms with Crippen molar-refractivity contribution in [3.05, 3.63) is 0 Å². The van der Waals surface area contributed by atoms with Crippen LogP contribution in [0.4, 0.5) is 13.2 Å². The van der Waals surface area contributed by atoms with Gasteiger partial charge >= 0.3 is 6.18 Å². The largest absolute Gasteiger partial charge is 0.401 e. The molecule has 0 spiro atoms. The summed E-state index contributed by atoms with van der Waals surface area (Å²) in [7, 11) is 1.74. The summed E-state index contributed by atoms with van der Waals surface area (Å²) in [5.41, 5.74) is 0. The van der Waals surface area contributed by atoms with Crippen molar-refractivity contribution in [2.45, 2.75) is 25.4 Å². The van der Waals surface area contributed by atoms with Crippen LogP contribution in [-0.4, -0.2) is 68.8 Å². The van der Waals surface area contributed by atoms with Crippen LogP contribution in [0.5, 0.6) is 0 Å². The summed E-state index contributed by atoms with van der Waals surface area (Å²) in [6.45, 7) is 2.00. The van der Waals surface area contributed by atoms with Gasteiger partial charge in [0, 0.05) is 25.9 Å². The van der Waals surface area contributed by atoms with Gasteiger partial charge in [-0.25, -0.2) is 0 Å². The molecule has 2 N–H and O–H groups in total. The molecule has 130 valence electrons. The first kappa shape index (κ1) is 19.4. The molecule has 0 radical (unpaired) electrons. The monoisotopic (exact) mass is 340 g/mol. The minimum absolute atomic E-state index is 0.501. The van der Waals surface area contributed by atoms with Gasteiger partial charge in [-0.15, -0.1) is 0 Å². The first-order valence-corrected chi connectivity index (χ1v) is 9.06. The van der Waals surface area contributed by atoms with Gasteiger partial charge in [0.25, 0.3) is 0 Å². The van der Waals surface area contributed by atoms with Crippen molar-refractivity contribution in [1.29, 1.82) is 0 Å².